The molecule has 124 valence electrons. The highest BCUT2D eigenvalue weighted by atomic mass is 16.2. The van der Waals surface area contributed by atoms with Crippen molar-refractivity contribution in [3.63, 3.8) is 0 Å². The highest BCUT2D eigenvalue weighted by Gasteiger charge is 2.41. The Morgan fingerprint density at radius 1 is 1.38 bits per heavy atom. The van der Waals surface area contributed by atoms with Crippen LogP contribution in [0.3, 0.4) is 0 Å². The summed E-state index contributed by atoms with van der Waals surface area (Å²) in [7, 11) is 1.94. The fourth-order valence-corrected chi connectivity index (χ4v) is 3.14. The number of imidazole rings is 1. The maximum atomic E-state index is 12.3. The van der Waals surface area contributed by atoms with Crippen LogP contribution in [-0.2, 0) is 11.8 Å². The Labute approximate surface area is 140 Å². The maximum Gasteiger partial charge on any atom is 0.223 e. The van der Waals surface area contributed by atoms with E-state index in [0.717, 1.165) is 5.82 Å². The predicted molar refractivity (Wildman–Crippen MR) is 86.7 cm³/mol. The molecule has 8 heteroatoms. The van der Waals surface area contributed by atoms with Gasteiger partial charge < -0.3 is 14.8 Å². The summed E-state index contributed by atoms with van der Waals surface area (Å²) < 4.78 is 1.96. The van der Waals surface area contributed by atoms with Crippen molar-refractivity contribution in [2.75, 3.05) is 18.4 Å². The van der Waals surface area contributed by atoms with E-state index in [1.54, 1.807) is 6.20 Å². The SMILES string of the molecule is CCN1C(=O)C[C@@H](CNc2cnc(C#N)cn2)[C@@H]1c1nccn1C. The molecule has 1 saturated heterocycles. The lowest BCUT2D eigenvalue weighted by molar-refractivity contribution is -0.128. The van der Waals surface area contributed by atoms with Crippen LogP contribution in [0.15, 0.2) is 24.8 Å². The first-order chi connectivity index (χ1) is 11.6. The molecule has 1 amide bonds. The van der Waals surface area contributed by atoms with Crippen LogP contribution < -0.4 is 5.32 Å². The van der Waals surface area contributed by atoms with E-state index in [4.69, 9.17) is 5.26 Å². The molecule has 0 spiro atoms. The number of nitriles is 1. The van der Waals surface area contributed by atoms with Gasteiger partial charge in [-0.25, -0.2) is 15.0 Å². The largest absolute Gasteiger partial charge is 0.368 e. The number of aryl methyl sites for hydroxylation is 1. The monoisotopic (exact) mass is 325 g/mol. The molecule has 0 radical (unpaired) electrons. The molecule has 3 rings (SSSR count). The number of aromatic nitrogens is 4. The first kappa shape index (κ1) is 15.9. The summed E-state index contributed by atoms with van der Waals surface area (Å²) in [5, 5.41) is 12.0. The molecule has 0 saturated carbocycles. The Hall–Kier alpha value is -2.95. The van der Waals surface area contributed by atoms with Crippen LogP contribution in [0.2, 0.25) is 0 Å². The lowest BCUT2D eigenvalue weighted by atomic mass is 9.99. The minimum atomic E-state index is -0.0543. The molecule has 2 aromatic rings. The minimum absolute atomic E-state index is 0.0543. The van der Waals surface area contributed by atoms with Crippen molar-refractivity contribution in [1.29, 1.82) is 5.26 Å². The molecule has 8 nitrogen and oxygen atoms in total. The summed E-state index contributed by atoms with van der Waals surface area (Å²) in [5.74, 6) is 1.72. The molecule has 0 aromatic carbocycles. The van der Waals surface area contributed by atoms with Crippen LogP contribution in [-0.4, -0.2) is 43.4 Å². The summed E-state index contributed by atoms with van der Waals surface area (Å²) in [5.41, 5.74) is 0.277. The molecule has 1 fully saturated rings. The summed E-state index contributed by atoms with van der Waals surface area (Å²) in [4.78, 5) is 26.8. The van der Waals surface area contributed by atoms with Crippen LogP contribution in [0.4, 0.5) is 5.82 Å². The second-order valence-corrected chi connectivity index (χ2v) is 5.76. The summed E-state index contributed by atoms with van der Waals surface area (Å²) in [6, 6.07) is 1.88. The maximum absolute atomic E-state index is 12.3. The van der Waals surface area contributed by atoms with Crippen molar-refractivity contribution in [3.05, 3.63) is 36.3 Å². The normalized spacial score (nSPS) is 20.2. The zero-order valence-electron chi connectivity index (χ0n) is 13.7. The number of carbonyl (C=O) groups excluding carboxylic acids is 1. The van der Waals surface area contributed by atoms with Gasteiger partial charge in [0, 0.05) is 44.9 Å². The number of carbonyl (C=O) groups is 1. The van der Waals surface area contributed by atoms with Gasteiger partial charge in [-0.3, -0.25) is 4.79 Å². The van der Waals surface area contributed by atoms with Gasteiger partial charge in [0.25, 0.3) is 0 Å². The fourth-order valence-electron chi connectivity index (χ4n) is 3.14. The van der Waals surface area contributed by atoms with Crippen molar-refractivity contribution < 1.29 is 4.79 Å². The van der Waals surface area contributed by atoms with Gasteiger partial charge in [-0.2, -0.15) is 5.26 Å². The third-order valence-electron chi connectivity index (χ3n) is 4.31. The molecule has 1 aliphatic heterocycles. The van der Waals surface area contributed by atoms with Gasteiger partial charge in [0.1, 0.15) is 17.7 Å². The van der Waals surface area contributed by atoms with E-state index < -0.39 is 0 Å². The Morgan fingerprint density at radius 3 is 2.79 bits per heavy atom. The van der Waals surface area contributed by atoms with Gasteiger partial charge >= 0.3 is 0 Å². The Kier molecular flexibility index (Phi) is 4.42. The fraction of sp³-hybridized carbons (Fsp3) is 0.438. The smallest absolute Gasteiger partial charge is 0.223 e. The van der Waals surface area contributed by atoms with Crippen molar-refractivity contribution in [2.45, 2.75) is 19.4 Å². The molecule has 1 aliphatic rings. The quantitative estimate of drug-likeness (QED) is 0.884. The van der Waals surface area contributed by atoms with Gasteiger partial charge in [0.05, 0.1) is 18.4 Å². The summed E-state index contributed by atoms with van der Waals surface area (Å²) >= 11 is 0. The van der Waals surface area contributed by atoms with Gasteiger partial charge in [-0.1, -0.05) is 0 Å². The van der Waals surface area contributed by atoms with Gasteiger partial charge in [-0.15, -0.1) is 0 Å². The van der Waals surface area contributed by atoms with Crippen molar-refractivity contribution in [1.82, 2.24) is 24.4 Å². The standard InChI is InChI=1S/C16H19N7O/c1-3-23-14(24)6-11(15(23)16-18-4-5-22(16)2)8-20-13-10-19-12(7-17)9-21-13/h4-5,9-11,15H,3,6,8H2,1-2H3,(H,20,21)/t11-,15+/m0/s1. The number of amides is 1. The number of anilines is 1. The topological polar surface area (TPSA) is 99.7 Å². The van der Waals surface area contributed by atoms with Gasteiger partial charge in [0.2, 0.25) is 5.91 Å². The van der Waals surface area contributed by atoms with Crippen LogP contribution in [0, 0.1) is 17.2 Å². The Bertz CT molecular complexity index is 761. The second-order valence-electron chi connectivity index (χ2n) is 5.76. The molecule has 2 atom stereocenters. The van der Waals surface area contributed by atoms with Crippen LogP contribution in [0.25, 0.3) is 0 Å². The first-order valence-corrected chi connectivity index (χ1v) is 7.86. The Balaban J connectivity index is 1.76. The average Bonchev–Trinajstić information content (AvgIpc) is 3.15. The molecule has 2 aromatic heterocycles. The number of nitrogens with one attached hydrogen (secondary N) is 1. The van der Waals surface area contributed by atoms with Crippen molar-refractivity contribution in [3.8, 4) is 6.07 Å². The highest BCUT2D eigenvalue weighted by Crippen LogP contribution is 2.36. The van der Waals surface area contributed by atoms with Crippen molar-refractivity contribution >= 4 is 11.7 Å². The van der Waals surface area contributed by atoms with Gasteiger partial charge in [0.15, 0.2) is 5.69 Å². The zero-order chi connectivity index (χ0) is 17.1. The van der Waals surface area contributed by atoms with E-state index in [1.807, 2.05) is 35.7 Å². The molecule has 3 heterocycles. The van der Waals surface area contributed by atoms with E-state index in [-0.39, 0.29) is 23.6 Å². The van der Waals surface area contributed by atoms with E-state index in [0.29, 0.717) is 25.3 Å². The first-order valence-electron chi connectivity index (χ1n) is 7.86. The number of hydrogen-bond donors (Lipinski definition) is 1. The Morgan fingerprint density at radius 2 is 2.21 bits per heavy atom. The predicted octanol–water partition coefficient (Wildman–Crippen LogP) is 1.10. The van der Waals surface area contributed by atoms with Crippen molar-refractivity contribution in [2.24, 2.45) is 13.0 Å². The number of likely N-dealkylation sites (tertiary alicyclic amines) is 1. The number of hydrogen-bond acceptors (Lipinski definition) is 6. The lowest BCUT2D eigenvalue weighted by Crippen LogP contribution is -2.32. The molecule has 1 N–H and O–H groups in total. The molecule has 0 bridgehead atoms. The molecule has 24 heavy (non-hydrogen) atoms. The zero-order valence-corrected chi connectivity index (χ0v) is 13.7. The second kappa shape index (κ2) is 6.66. The number of nitrogens with zero attached hydrogens (tertiary/aromatic N) is 6. The highest BCUT2D eigenvalue weighted by molar-refractivity contribution is 5.79. The third kappa shape index (κ3) is 2.93. The lowest BCUT2D eigenvalue weighted by Gasteiger charge is -2.27. The number of rotatable bonds is 5. The minimum Gasteiger partial charge on any atom is -0.368 e. The van der Waals surface area contributed by atoms with Crippen LogP contribution in [0.5, 0.6) is 0 Å². The third-order valence-corrected chi connectivity index (χ3v) is 4.31. The average molecular weight is 325 g/mol. The van der Waals surface area contributed by atoms with E-state index in [9.17, 15) is 4.79 Å². The van der Waals surface area contributed by atoms with E-state index in [1.165, 1.54) is 12.4 Å². The van der Waals surface area contributed by atoms with E-state index >= 15 is 0 Å². The molecule has 0 aliphatic carbocycles. The van der Waals surface area contributed by atoms with E-state index in [2.05, 4.69) is 20.3 Å². The summed E-state index contributed by atoms with van der Waals surface area (Å²) in [6.07, 6.45) is 7.08. The molecular weight excluding hydrogens is 306 g/mol. The molecular formula is C16H19N7O. The van der Waals surface area contributed by atoms with Crippen LogP contribution in [0.1, 0.15) is 30.9 Å². The van der Waals surface area contributed by atoms with Crippen LogP contribution >= 0.6 is 0 Å². The van der Waals surface area contributed by atoms with Gasteiger partial charge in [-0.05, 0) is 6.92 Å². The summed E-state index contributed by atoms with van der Waals surface area (Å²) in [6.45, 7) is 3.22. The molecule has 0 unspecified atom stereocenters.